The Hall–Kier alpha value is -2.94. The van der Waals surface area contributed by atoms with Crippen molar-refractivity contribution in [1.82, 2.24) is 19.7 Å². The number of hydrogen-bond donors (Lipinski definition) is 1. The molecule has 1 N–H and O–H groups in total. The summed E-state index contributed by atoms with van der Waals surface area (Å²) in [5, 5.41) is 18.7. The number of thiophene rings is 1. The molecule has 0 bridgehead atoms. The number of aliphatic carboxylic acids is 1. The molecule has 4 rings (SSSR count). The van der Waals surface area contributed by atoms with Crippen LogP contribution in [-0.4, -0.2) is 49.8 Å². The first kappa shape index (κ1) is 17.5. The summed E-state index contributed by atoms with van der Waals surface area (Å²) >= 11 is 1.36. The van der Waals surface area contributed by atoms with Gasteiger partial charge in [0, 0.05) is 4.70 Å². The van der Waals surface area contributed by atoms with Gasteiger partial charge in [0.05, 0.1) is 25.1 Å². The molecular weight excluding hydrogens is 368 g/mol. The second-order valence-electron chi connectivity index (χ2n) is 6.48. The zero-order valence-corrected chi connectivity index (χ0v) is 15.9. The molecule has 140 valence electrons. The van der Waals surface area contributed by atoms with E-state index >= 15 is 0 Å². The summed E-state index contributed by atoms with van der Waals surface area (Å²) in [7, 11) is 1.60. The average Bonchev–Trinajstić information content (AvgIpc) is 3.20. The van der Waals surface area contributed by atoms with Crippen LogP contribution in [0, 0.1) is 13.8 Å². The van der Waals surface area contributed by atoms with Gasteiger partial charge in [-0.25, -0.2) is 4.79 Å². The lowest BCUT2D eigenvalue weighted by atomic mass is 10.1. The van der Waals surface area contributed by atoms with Gasteiger partial charge in [-0.1, -0.05) is 0 Å². The van der Waals surface area contributed by atoms with Gasteiger partial charge < -0.3 is 19.3 Å². The Bertz CT molecular complexity index is 1070. The van der Waals surface area contributed by atoms with Gasteiger partial charge in [0.15, 0.2) is 5.82 Å². The van der Waals surface area contributed by atoms with Crippen molar-refractivity contribution in [1.29, 1.82) is 0 Å². The highest BCUT2D eigenvalue weighted by atomic mass is 32.1. The number of methoxy groups -OCH3 is 1. The van der Waals surface area contributed by atoms with E-state index < -0.39 is 12.0 Å². The zero-order valence-electron chi connectivity index (χ0n) is 15.1. The van der Waals surface area contributed by atoms with E-state index in [9.17, 15) is 14.7 Å². The number of benzene rings is 1. The number of ether oxygens (including phenoxy) is 1. The minimum atomic E-state index is -1.04. The SMILES string of the molecule is COc1ccc2sc(C(=O)N3Cc4nnc(C)n4CC3C(=O)O)c(C)c2c1. The van der Waals surface area contributed by atoms with Crippen molar-refractivity contribution in [3.05, 3.63) is 40.3 Å². The fraction of sp³-hybridized carbons (Fsp3) is 0.333. The highest BCUT2D eigenvalue weighted by Crippen LogP contribution is 2.35. The molecule has 0 radical (unpaired) electrons. The van der Waals surface area contributed by atoms with Crippen LogP contribution < -0.4 is 4.74 Å². The minimum Gasteiger partial charge on any atom is -0.497 e. The topological polar surface area (TPSA) is 97.5 Å². The fourth-order valence-corrected chi connectivity index (χ4v) is 4.55. The molecule has 3 aromatic rings. The summed E-state index contributed by atoms with van der Waals surface area (Å²) in [6.07, 6.45) is 0. The van der Waals surface area contributed by atoms with Crippen molar-refractivity contribution < 1.29 is 19.4 Å². The van der Waals surface area contributed by atoms with Crippen LogP contribution in [0.4, 0.5) is 0 Å². The van der Waals surface area contributed by atoms with E-state index in [1.807, 2.05) is 25.1 Å². The molecule has 8 nitrogen and oxygen atoms in total. The van der Waals surface area contributed by atoms with Crippen LogP contribution >= 0.6 is 11.3 Å². The Kier molecular flexibility index (Phi) is 4.11. The third-order valence-corrected chi connectivity index (χ3v) is 6.20. The molecule has 1 atom stereocenters. The number of carbonyl (C=O) groups excluding carboxylic acids is 1. The van der Waals surface area contributed by atoms with Crippen LogP contribution in [0.15, 0.2) is 18.2 Å². The molecule has 3 heterocycles. The number of aryl methyl sites for hydroxylation is 2. The molecule has 1 amide bonds. The summed E-state index contributed by atoms with van der Waals surface area (Å²) in [6, 6.07) is 4.69. The van der Waals surface area contributed by atoms with Crippen molar-refractivity contribution in [3.8, 4) is 5.75 Å². The van der Waals surface area contributed by atoms with Gasteiger partial charge in [-0.15, -0.1) is 21.5 Å². The Morgan fingerprint density at radius 3 is 2.78 bits per heavy atom. The molecule has 0 spiro atoms. The molecule has 1 aliphatic rings. The number of fused-ring (bicyclic) bond motifs is 2. The second-order valence-corrected chi connectivity index (χ2v) is 7.53. The second kappa shape index (κ2) is 6.34. The Morgan fingerprint density at radius 2 is 2.07 bits per heavy atom. The van der Waals surface area contributed by atoms with Crippen LogP contribution in [0.5, 0.6) is 5.75 Å². The molecule has 2 aromatic heterocycles. The monoisotopic (exact) mass is 386 g/mol. The third kappa shape index (κ3) is 2.74. The van der Waals surface area contributed by atoms with E-state index in [1.54, 1.807) is 18.6 Å². The smallest absolute Gasteiger partial charge is 0.328 e. The van der Waals surface area contributed by atoms with Gasteiger partial charge in [-0.3, -0.25) is 4.79 Å². The quantitative estimate of drug-likeness (QED) is 0.741. The van der Waals surface area contributed by atoms with Crippen molar-refractivity contribution in [2.75, 3.05) is 7.11 Å². The number of nitrogens with zero attached hydrogens (tertiary/aromatic N) is 4. The van der Waals surface area contributed by atoms with Crippen LogP contribution in [0.25, 0.3) is 10.1 Å². The van der Waals surface area contributed by atoms with Crippen molar-refractivity contribution in [3.63, 3.8) is 0 Å². The highest BCUT2D eigenvalue weighted by Gasteiger charge is 2.37. The first-order chi connectivity index (χ1) is 12.9. The molecule has 9 heteroatoms. The van der Waals surface area contributed by atoms with Crippen LogP contribution in [0.3, 0.4) is 0 Å². The van der Waals surface area contributed by atoms with E-state index in [-0.39, 0.29) is 19.0 Å². The highest BCUT2D eigenvalue weighted by molar-refractivity contribution is 7.21. The molecule has 27 heavy (non-hydrogen) atoms. The largest absolute Gasteiger partial charge is 0.497 e. The number of amides is 1. The summed E-state index contributed by atoms with van der Waals surface area (Å²) in [5.41, 5.74) is 0.825. The first-order valence-corrected chi connectivity index (χ1v) is 9.22. The average molecular weight is 386 g/mol. The van der Waals surface area contributed by atoms with Gasteiger partial charge in [0.25, 0.3) is 5.91 Å². The molecular formula is C18H18N4O4S. The normalized spacial score (nSPS) is 16.4. The van der Waals surface area contributed by atoms with Crippen LogP contribution in [0.2, 0.25) is 0 Å². The van der Waals surface area contributed by atoms with Crippen molar-refractivity contribution in [2.24, 2.45) is 0 Å². The lowest BCUT2D eigenvalue weighted by Gasteiger charge is -2.33. The van der Waals surface area contributed by atoms with Gasteiger partial charge in [0.2, 0.25) is 0 Å². The van der Waals surface area contributed by atoms with E-state index in [4.69, 9.17) is 4.74 Å². The predicted octanol–water partition coefficient (Wildman–Crippen LogP) is 2.23. The number of carbonyl (C=O) groups is 2. The maximum Gasteiger partial charge on any atom is 0.328 e. The molecule has 0 fully saturated rings. The number of hydrogen-bond acceptors (Lipinski definition) is 6. The predicted molar refractivity (Wildman–Crippen MR) is 99.2 cm³/mol. The molecule has 1 aliphatic heterocycles. The third-order valence-electron chi connectivity index (χ3n) is 4.94. The number of carboxylic acids is 1. The lowest BCUT2D eigenvalue weighted by molar-refractivity contribution is -0.143. The molecule has 0 saturated carbocycles. The van der Waals surface area contributed by atoms with Gasteiger partial charge in [0.1, 0.15) is 17.6 Å². The summed E-state index contributed by atoms with van der Waals surface area (Å²) in [6.45, 7) is 3.91. The number of rotatable bonds is 3. The van der Waals surface area contributed by atoms with E-state index in [2.05, 4.69) is 10.2 Å². The summed E-state index contributed by atoms with van der Waals surface area (Å²) in [4.78, 5) is 27.0. The summed E-state index contributed by atoms with van der Waals surface area (Å²) in [5.74, 6) is 0.620. The number of carboxylic acid groups (broad SMARTS) is 1. The fourth-order valence-electron chi connectivity index (χ4n) is 3.40. The van der Waals surface area contributed by atoms with E-state index in [0.717, 1.165) is 15.6 Å². The lowest BCUT2D eigenvalue weighted by Crippen LogP contribution is -2.50. The zero-order chi connectivity index (χ0) is 19.3. The van der Waals surface area contributed by atoms with E-state index in [1.165, 1.54) is 16.2 Å². The van der Waals surface area contributed by atoms with Gasteiger partial charge in [-0.2, -0.15) is 0 Å². The molecule has 1 unspecified atom stereocenters. The van der Waals surface area contributed by atoms with Crippen LogP contribution in [-0.2, 0) is 17.9 Å². The Balaban J connectivity index is 1.76. The molecule has 0 saturated heterocycles. The van der Waals surface area contributed by atoms with Gasteiger partial charge >= 0.3 is 5.97 Å². The van der Waals surface area contributed by atoms with Crippen molar-refractivity contribution in [2.45, 2.75) is 33.0 Å². The molecule has 0 aliphatic carbocycles. The van der Waals surface area contributed by atoms with Crippen molar-refractivity contribution >= 4 is 33.3 Å². The van der Waals surface area contributed by atoms with E-state index in [0.29, 0.717) is 22.3 Å². The minimum absolute atomic E-state index is 0.119. The number of aromatic nitrogens is 3. The Labute approximate surface area is 159 Å². The van der Waals surface area contributed by atoms with Gasteiger partial charge in [-0.05, 0) is 43.0 Å². The maximum absolute atomic E-state index is 13.3. The Morgan fingerprint density at radius 1 is 1.30 bits per heavy atom. The molecule has 1 aromatic carbocycles. The maximum atomic E-state index is 13.3. The standard InChI is InChI=1S/C18H18N4O4S/c1-9-12-6-11(26-3)4-5-14(12)27-16(9)17(23)22-8-15-20-19-10(2)21(15)7-13(22)18(24)25/h4-6,13H,7-8H2,1-3H3,(H,24,25). The summed E-state index contributed by atoms with van der Waals surface area (Å²) < 4.78 is 7.98. The first-order valence-electron chi connectivity index (χ1n) is 8.40. The van der Waals surface area contributed by atoms with Crippen LogP contribution in [0.1, 0.15) is 26.9 Å².